The lowest BCUT2D eigenvalue weighted by atomic mass is 10.0. The van der Waals surface area contributed by atoms with E-state index in [-0.39, 0.29) is 24.4 Å². The summed E-state index contributed by atoms with van der Waals surface area (Å²) in [4.78, 5) is 0. The third-order valence-electron chi connectivity index (χ3n) is 3.44. The molecule has 0 radical (unpaired) electrons. The number of ether oxygens (including phenoxy) is 4. The van der Waals surface area contributed by atoms with Crippen molar-refractivity contribution in [3.8, 4) is 0 Å². The normalized spacial score (nSPS) is 48.1. The number of rotatable bonds is 0. The maximum absolute atomic E-state index is 5.94. The van der Waals surface area contributed by atoms with Crippen LogP contribution in [0.3, 0.4) is 0 Å². The first-order chi connectivity index (χ1) is 7.61. The second-order valence-corrected chi connectivity index (χ2v) is 5.04. The van der Waals surface area contributed by atoms with Crippen molar-refractivity contribution in [3.05, 3.63) is 11.6 Å². The zero-order valence-electron chi connectivity index (χ0n) is 9.93. The molecule has 0 saturated carbocycles. The van der Waals surface area contributed by atoms with E-state index in [0.29, 0.717) is 13.2 Å². The van der Waals surface area contributed by atoms with Crippen molar-refractivity contribution in [1.82, 2.24) is 0 Å². The molecule has 4 nitrogen and oxygen atoms in total. The van der Waals surface area contributed by atoms with Crippen LogP contribution < -0.4 is 0 Å². The first-order valence-electron chi connectivity index (χ1n) is 5.84. The highest BCUT2D eigenvalue weighted by Gasteiger charge is 2.56. The minimum Gasteiger partial charge on any atom is -0.374 e. The van der Waals surface area contributed by atoms with Gasteiger partial charge >= 0.3 is 0 Å². The van der Waals surface area contributed by atoms with Gasteiger partial charge in [-0.15, -0.1) is 0 Å². The molecule has 4 heteroatoms. The van der Waals surface area contributed by atoms with E-state index in [1.807, 2.05) is 20.8 Å². The van der Waals surface area contributed by atoms with Gasteiger partial charge in [0.05, 0.1) is 13.2 Å². The van der Waals surface area contributed by atoms with Crippen LogP contribution in [-0.2, 0) is 18.9 Å². The van der Waals surface area contributed by atoms with Gasteiger partial charge in [-0.1, -0.05) is 6.08 Å². The minimum absolute atomic E-state index is 0.00396. The topological polar surface area (TPSA) is 36.9 Å². The van der Waals surface area contributed by atoms with Gasteiger partial charge in [-0.2, -0.15) is 0 Å². The highest BCUT2D eigenvalue weighted by Crippen LogP contribution is 2.42. The average molecular weight is 226 g/mol. The van der Waals surface area contributed by atoms with Gasteiger partial charge in [0.1, 0.15) is 24.4 Å². The lowest BCUT2D eigenvalue weighted by molar-refractivity contribution is -0.183. The van der Waals surface area contributed by atoms with Crippen LogP contribution in [-0.4, -0.2) is 43.4 Å². The average Bonchev–Trinajstić information content (AvgIpc) is 2.60. The molecule has 4 atom stereocenters. The fourth-order valence-electron chi connectivity index (χ4n) is 2.74. The van der Waals surface area contributed by atoms with Crippen LogP contribution in [0.15, 0.2) is 11.6 Å². The second kappa shape index (κ2) is 3.53. The summed E-state index contributed by atoms with van der Waals surface area (Å²) >= 11 is 0. The van der Waals surface area contributed by atoms with Crippen LogP contribution in [0.2, 0.25) is 0 Å². The fraction of sp³-hybridized carbons (Fsp3) is 0.833. The van der Waals surface area contributed by atoms with E-state index in [1.54, 1.807) is 0 Å². The Morgan fingerprint density at radius 3 is 2.75 bits per heavy atom. The first-order valence-corrected chi connectivity index (χ1v) is 5.84. The summed E-state index contributed by atoms with van der Waals surface area (Å²) in [7, 11) is 0. The third-order valence-corrected chi connectivity index (χ3v) is 3.44. The van der Waals surface area contributed by atoms with Crippen molar-refractivity contribution in [1.29, 1.82) is 0 Å². The summed E-state index contributed by atoms with van der Waals surface area (Å²) < 4.78 is 23.3. The van der Waals surface area contributed by atoms with Crippen molar-refractivity contribution >= 4 is 0 Å². The van der Waals surface area contributed by atoms with Crippen molar-refractivity contribution in [2.24, 2.45) is 0 Å². The van der Waals surface area contributed by atoms with Gasteiger partial charge in [0.2, 0.25) is 0 Å². The highest BCUT2D eigenvalue weighted by atomic mass is 16.8. The molecule has 0 aromatic rings. The molecule has 0 aromatic heterocycles. The largest absolute Gasteiger partial charge is 0.374 e. The molecule has 3 saturated heterocycles. The Morgan fingerprint density at radius 1 is 1.25 bits per heavy atom. The molecular weight excluding hydrogens is 208 g/mol. The molecule has 0 unspecified atom stereocenters. The second-order valence-electron chi connectivity index (χ2n) is 5.04. The summed E-state index contributed by atoms with van der Waals surface area (Å²) in [6.07, 6.45) is 2.10. The maximum atomic E-state index is 5.94. The van der Waals surface area contributed by atoms with Crippen LogP contribution in [0.4, 0.5) is 0 Å². The van der Waals surface area contributed by atoms with Crippen molar-refractivity contribution < 1.29 is 18.9 Å². The van der Waals surface area contributed by atoms with Crippen LogP contribution in [0.25, 0.3) is 0 Å². The molecule has 0 aliphatic carbocycles. The van der Waals surface area contributed by atoms with Gasteiger partial charge in [-0.05, 0) is 26.3 Å². The van der Waals surface area contributed by atoms with Crippen molar-refractivity contribution in [2.45, 2.75) is 51.0 Å². The molecule has 3 rings (SSSR count). The van der Waals surface area contributed by atoms with E-state index in [0.717, 1.165) is 5.57 Å². The molecule has 3 fully saturated rings. The molecule has 0 amide bonds. The minimum atomic E-state index is -0.501. The van der Waals surface area contributed by atoms with E-state index in [9.17, 15) is 0 Å². The van der Waals surface area contributed by atoms with Gasteiger partial charge in [0.15, 0.2) is 5.79 Å². The predicted molar refractivity (Wildman–Crippen MR) is 57.1 cm³/mol. The van der Waals surface area contributed by atoms with E-state index >= 15 is 0 Å². The first kappa shape index (κ1) is 10.7. The van der Waals surface area contributed by atoms with E-state index in [2.05, 4.69) is 6.08 Å². The zero-order valence-corrected chi connectivity index (χ0v) is 9.93. The third kappa shape index (κ3) is 1.52. The molecular formula is C12H18O4. The highest BCUT2D eigenvalue weighted by molar-refractivity contribution is 5.18. The zero-order chi connectivity index (χ0) is 11.3. The summed E-state index contributed by atoms with van der Waals surface area (Å²) in [6.45, 7) is 7.15. The molecule has 3 heterocycles. The summed E-state index contributed by atoms with van der Waals surface area (Å²) in [6, 6.07) is 0. The Kier molecular flexibility index (Phi) is 2.37. The molecule has 0 N–H and O–H groups in total. The number of fused-ring (bicyclic) bond motifs is 5. The number of allylic oxidation sites excluding steroid dienone is 1. The van der Waals surface area contributed by atoms with Gasteiger partial charge in [0.25, 0.3) is 0 Å². The van der Waals surface area contributed by atoms with E-state index in [1.165, 1.54) is 0 Å². The lowest BCUT2D eigenvalue weighted by Gasteiger charge is -2.22. The SMILES string of the molecule is C/C=C1\COC[C@H]2O[C@@H]1[C@@H]1OC(C)(C)O[C@@H]12. The quantitative estimate of drug-likeness (QED) is 0.582. The summed E-state index contributed by atoms with van der Waals surface area (Å²) in [5, 5.41) is 0. The van der Waals surface area contributed by atoms with E-state index in [4.69, 9.17) is 18.9 Å². The van der Waals surface area contributed by atoms with E-state index < -0.39 is 5.79 Å². The van der Waals surface area contributed by atoms with Gasteiger partial charge in [-0.3, -0.25) is 0 Å². The van der Waals surface area contributed by atoms with Crippen molar-refractivity contribution in [3.63, 3.8) is 0 Å². The van der Waals surface area contributed by atoms with Gasteiger partial charge in [0, 0.05) is 0 Å². The van der Waals surface area contributed by atoms with Crippen LogP contribution in [0, 0.1) is 0 Å². The lowest BCUT2D eigenvalue weighted by Crippen LogP contribution is -2.35. The smallest absolute Gasteiger partial charge is 0.164 e. The Morgan fingerprint density at radius 2 is 2.00 bits per heavy atom. The van der Waals surface area contributed by atoms with Crippen LogP contribution in [0.5, 0.6) is 0 Å². The molecule has 90 valence electrons. The Balaban J connectivity index is 1.90. The number of hydrogen-bond acceptors (Lipinski definition) is 4. The van der Waals surface area contributed by atoms with Crippen LogP contribution in [0.1, 0.15) is 20.8 Å². The summed E-state index contributed by atoms with van der Waals surface area (Å²) in [5.41, 5.74) is 1.16. The van der Waals surface area contributed by atoms with Crippen molar-refractivity contribution in [2.75, 3.05) is 13.2 Å². The Labute approximate surface area is 95.5 Å². The molecule has 0 spiro atoms. The molecule has 2 bridgehead atoms. The monoisotopic (exact) mass is 226 g/mol. The molecule has 16 heavy (non-hydrogen) atoms. The summed E-state index contributed by atoms with van der Waals surface area (Å²) in [5.74, 6) is -0.501. The number of hydrogen-bond donors (Lipinski definition) is 0. The Bertz CT molecular complexity index is 323. The van der Waals surface area contributed by atoms with Gasteiger partial charge in [-0.25, -0.2) is 0 Å². The Hall–Kier alpha value is -0.420. The fourth-order valence-corrected chi connectivity index (χ4v) is 2.74. The predicted octanol–water partition coefficient (Wildman–Crippen LogP) is 1.25. The molecule has 3 aliphatic heterocycles. The van der Waals surface area contributed by atoms with Gasteiger partial charge < -0.3 is 18.9 Å². The maximum Gasteiger partial charge on any atom is 0.164 e. The molecule has 3 aliphatic rings. The molecule has 0 aromatic carbocycles. The van der Waals surface area contributed by atoms with Crippen LogP contribution >= 0.6 is 0 Å². The standard InChI is InChI=1S/C12H18O4/c1-4-7-5-13-6-8-10-11(9(7)14-8)16-12(2,3)15-10/h4,8-11H,5-6H2,1-3H3/b7-4+/t8-,9+,10-,11+/m1/s1.